The lowest BCUT2D eigenvalue weighted by Gasteiger charge is -2.37. The number of piperidine rings is 1. The number of carbonyl (C=O) groups excluding carboxylic acids is 1. The Morgan fingerprint density at radius 1 is 1.32 bits per heavy atom. The molecule has 2 aliphatic rings. The second-order valence-electron chi connectivity index (χ2n) is 6.60. The van der Waals surface area contributed by atoms with E-state index in [2.05, 4.69) is 11.8 Å². The highest BCUT2D eigenvalue weighted by Crippen LogP contribution is 2.35. The first-order chi connectivity index (χ1) is 10.5. The number of benzene rings is 1. The molecule has 5 nitrogen and oxygen atoms in total. The van der Waals surface area contributed by atoms with Crippen molar-refractivity contribution < 1.29 is 9.53 Å². The molecule has 3 rings (SSSR count). The van der Waals surface area contributed by atoms with Crippen molar-refractivity contribution in [2.24, 2.45) is 5.92 Å². The molecule has 2 heterocycles. The van der Waals surface area contributed by atoms with Gasteiger partial charge in [-0.05, 0) is 37.8 Å². The number of hydrogen-bond acceptors (Lipinski definition) is 4. The van der Waals surface area contributed by atoms with Gasteiger partial charge in [0.2, 0.25) is 5.91 Å². The Morgan fingerprint density at radius 2 is 2.05 bits per heavy atom. The summed E-state index contributed by atoms with van der Waals surface area (Å²) in [6.07, 6.45) is 2.28. The van der Waals surface area contributed by atoms with Gasteiger partial charge in [-0.2, -0.15) is 0 Å². The normalized spacial score (nSPS) is 22.2. The molecule has 0 spiro atoms. The zero-order chi connectivity index (χ0) is 15.7. The summed E-state index contributed by atoms with van der Waals surface area (Å²) in [6, 6.07) is 5.64. The molecule has 0 aliphatic carbocycles. The van der Waals surface area contributed by atoms with Crippen LogP contribution in [0, 0.1) is 5.92 Å². The molecule has 0 radical (unpaired) electrons. The molecular weight excluding hydrogens is 278 g/mol. The predicted molar refractivity (Wildman–Crippen MR) is 88.1 cm³/mol. The second-order valence-corrected chi connectivity index (χ2v) is 6.60. The summed E-state index contributed by atoms with van der Waals surface area (Å²) in [5, 5.41) is 0. The third-order valence-electron chi connectivity index (χ3n) is 4.59. The maximum Gasteiger partial charge on any atom is 0.242 e. The second kappa shape index (κ2) is 6.07. The van der Waals surface area contributed by atoms with E-state index in [1.807, 2.05) is 30.0 Å². The van der Waals surface area contributed by atoms with E-state index in [0.717, 1.165) is 49.8 Å². The molecule has 2 aliphatic heterocycles. The van der Waals surface area contributed by atoms with Crippen molar-refractivity contribution in [3.8, 4) is 5.75 Å². The lowest BCUT2D eigenvalue weighted by atomic mass is 9.99. The van der Waals surface area contributed by atoms with Gasteiger partial charge in [-0.3, -0.25) is 4.79 Å². The molecule has 1 fully saturated rings. The molecule has 5 heteroatoms. The van der Waals surface area contributed by atoms with E-state index in [4.69, 9.17) is 10.5 Å². The minimum absolute atomic E-state index is 0.0588. The maximum atomic E-state index is 12.6. The molecule has 1 unspecified atom stereocenters. The summed E-state index contributed by atoms with van der Waals surface area (Å²) in [5.74, 6) is 1.72. The predicted octanol–water partition coefficient (Wildman–Crippen LogP) is 2.11. The van der Waals surface area contributed by atoms with E-state index in [1.54, 1.807) is 0 Å². The van der Waals surface area contributed by atoms with E-state index < -0.39 is 0 Å². The van der Waals surface area contributed by atoms with Crippen LogP contribution >= 0.6 is 0 Å². The van der Waals surface area contributed by atoms with Crippen molar-refractivity contribution in [2.75, 3.05) is 36.8 Å². The van der Waals surface area contributed by atoms with Gasteiger partial charge in [-0.1, -0.05) is 6.92 Å². The van der Waals surface area contributed by atoms with Crippen LogP contribution in [-0.4, -0.2) is 43.1 Å². The van der Waals surface area contributed by atoms with Crippen LogP contribution in [0.15, 0.2) is 18.2 Å². The average Bonchev–Trinajstić information content (AvgIpc) is 2.47. The first kappa shape index (κ1) is 15.0. The molecule has 0 bridgehead atoms. The summed E-state index contributed by atoms with van der Waals surface area (Å²) >= 11 is 0. The van der Waals surface area contributed by atoms with Crippen LogP contribution in [0.3, 0.4) is 0 Å². The molecule has 0 aromatic heterocycles. The van der Waals surface area contributed by atoms with Gasteiger partial charge < -0.3 is 20.3 Å². The van der Waals surface area contributed by atoms with Crippen molar-refractivity contribution in [3.63, 3.8) is 0 Å². The molecule has 120 valence electrons. The summed E-state index contributed by atoms with van der Waals surface area (Å²) < 4.78 is 5.84. The molecule has 1 aromatic carbocycles. The number of anilines is 2. The van der Waals surface area contributed by atoms with Crippen LogP contribution in [0.5, 0.6) is 5.75 Å². The van der Waals surface area contributed by atoms with E-state index >= 15 is 0 Å². The van der Waals surface area contributed by atoms with E-state index in [1.165, 1.54) is 0 Å². The van der Waals surface area contributed by atoms with Gasteiger partial charge in [-0.25, -0.2) is 0 Å². The number of fused-ring (bicyclic) bond motifs is 1. The Bertz CT molecular complexity index is 553. The van der Waals surface area contributed by atoms with E-state index in [0.29, 0.717) is 12.2 Å². The van der Waals surface area contributed by atoms with Gasteiger partial charge >= 0.3 is 0 Å². The van der Waals surface area contributed by atoms with Crippen molar-refractivity contribution in [1.29, 1.82) is 0 Å². The number of ether oxygens (including phenoxy) is 1. The van der Waals surface area contributed by atoms with Gasteiger partial charge in [0.25, 0.3) is 0 Å². The Labute approximate surface area is 132 Å². The summed E-state index contributed by atoms with van der Waals surface area (Å²) in [6.45, 7) is 7.19. The number of likely N-dealkylation sites (tertiary alicyclic amines) is 1. The number of nitrogens with zero attached hydrogens (tertiary/aromatic N) is 2. The largest absolute Gasteiger partial charge is 0.487 e. The molecule has 1 saturated heterocycles. The number of hydrogen-bond donors (Lipinski definition) is 1. The van der Waals surface area contributed by atoms with Crippen molar-refractivity contribution in [2.45, 2.75) is 32.8 Å². The fourth-order valence-corrected chi connectivity index (χ4v) is 3.22. The smallest absolute Gasteiger partial charge is 0.242 e. The fraction of sp³-hybridized carbons (Fsp3) is 0.588. The van der Waals surface area contributed by atoms with Gasteiger partial charge in [0.15, 0.2) is 0 Å². The summed E-state index contributed by atoms with van der Waals surface area (Å²) in [4.78, 5) is 16.7. The standard InChI is InChI=1S/C17H25N3O2/c1-12-5-7-19(8-6-12)17(21)11-20-10-13(2)22-16-9-14(18)3-4-15(16)20/h3-4,9,12-13H,5-8,10-11,18H2,1-2H3. The van der Waals surface area contributed by atoms with Crippen LogP contribution in [-0.2, 0) is 4.79 Å². The molecule has 1 amide bonds. The minimum Gasteiger partial charge on any atom is -0.487 e. The third-order valence-corrected chi connectivity index (χ3v) is 4.59. The van der Waals surface area contributed by atoms with Gasteiger partial charge in [0.05, 0.1) is 18.8 Å². The molecule has 2 N–H and O–H groups in total. The van der Waals surface area contributed by atoms with Crippen LogP contribution < -0.4 is 15.4 Å². The Balaban J connectivity index is 1.71. The first-order valence-corrected chi connectivity index (χ1v) is 8.12. The topological polar surface area (TPSA) is 58.8 Å². The zero-order valence-corrected chi connectivity index (χ0v) is 13.4. The number of carbonyl (C=O) groups is 1. The van der Waals surface area contributed by atoms with Crippen molar-refractivity contribution in [3.05, 3.63) is 18.2 Å². The molecule has 1 aromatic rings. The zero-order valence-electron chi connectivity index (χ0n) is 13.4. The van der Waals surface area contributed by atoms with E-state index in [9.17, 15) is 4.79 Å². The highest BCUT2D eigenvalue weighted by atomic mass is 16.5. The number of nitrogen functional groups attached to an aromatic ring is 1. The fourth-order valence-electron chi connectivity index (χ4n) is 3.22. The maximum absolute atomic E-state index is 12.6. The van der Waals surface area contributed by atoms with Crippen LogP contribution in [0.25, 0.3) is 0 Å². The summed E-state index contributed by atoms with van der Waals surface area (Å²) in [7, 11) is 0. The molecule has 0 saturated carbocycles. The van der Waals surface area contributed by atoms with Gasteiger partial charge in [0, 0.05) is 24.8 Å². The molecule has 22 heavy (non-hydrogen) atoms. The van der Waals surface area contributed by atoms with Gasteiger partial charge in [0.1, 0.15) is 11.9 Å². The number of nitrogens with two attached hydrogens (primary N) is 1. The Morgan fingerprint density at radius 3 is 2.77 bits per heavy atom. The monoisotopic (exact) mass is 303 g/mol. The van der Waals surface area contributed by atoms with Crippen LogP contribution in [0.2, 0.25) is 0 Å². The van der Waals surface area contributed by atoms with Gasteiger partial charge in [-0.15, -0.1) is 0 Å². The Kier molecular flexibility index (Phi) is 4.14. The van der Waals surface area contributed by atoms with Crippen LogP contribution in [0.4, 0.5) is 11.4 Å². The highest BCUT2D eigenvalue weighted by molar-refractivity contribution is 5.83. The summed E-state index contributed by atoms with van der Waals surface area (Å²) in [5.41, 5.74) is 7.48. The Hall–Kier alpha value is -1.91. The highest BCUT2D eigenvalue weighted by Gasteiger charge is 2.27. The lowest BCUT2D eigenvalue weighted by Crippen LogP contribution is -2.47. The van der Waals surface area contributed by atoms with Crippen molar-refractivity contribution in [1.82, 2.24) is 4.90 Å². The van der Waals surface area contributed by atoms with Crippen LogP contribution in [0.1, 0.15) is 26.7 Å². The van der Waals surface area contributed by atoms with E-state index in [-0.39, 0.29) is 12.0 Å². The minimum atomic E-state index is 0.0588. The number of rotatable bonds is 2. The molecular formula is C17H25N3O2. The quantitative estimate of drug-likeness (QED) is 0.850. The third kappa shape index (κ3) is 3.13. The SMILES string of the molecule is CC1CCN(C(=O)CN2CC(C)Oc3cc(N)ccc32)CC1. The van der Waals surface area contributed by atoms with Crippen molar-refractivity contribution >= 4 is 17.3 Å². The average molecular weight is 303 g/mol. The lowest BCUT2D eigenvalue weighted by molar-refractivity contribution is -0.131. The number of amides is 1. The molecule has 1 atom stereocenters. The first-order valence-electron chi connectivity index (χ1n) is 8.12.